The van der Waals surface area contributed by atoms with Crippen molar-refractivity contribution in [1.29, 1.82) is 0 Å². The molecule has 0 aromatic heterocycles. The van der Waals surface area contributed by atoms with E-state index in [1.165, 1.54) is 0 Å². The molecule has 0 aliphatic carbocycles. The first kappa shape index (κ1) is 25.3. The highest BCUT2D eigenvalue weighted by molar-refractivity contribution is 8.11. The summed E-state index contributed by atoms with van der Waals surface area (Å²) in [5.41, 5.74) is 0. The van der Waals surface area contributed by atoms with E-state index in [1.807, 2.05) is 13.8 Å². The van der Waals surface area contributed by atoms with Crippen LogP contribution in [0.5, 0.6) is 0 Å². The fourth-order valence-corrected chi connectivity index (χ4v) is 3.17. The molecule has 0 saturated heterocycles. The lowest BCUT2D eigenvalue weighted by Gasteiger charge is -2.31. The molecule has 0 radical (unpaired) electrons. The third-order valence-electron chi connectivity index (χ3n) is 3.59. The molecule has 0 aliphatic heterocycles. The molecule has 10 heteroatoms. The number of thiocarbonyl (C=S) groups is 4. The normalized spacial score (nSPS) is 10.1. The Morgan fingerprint density at radius 3 is 1.56 bits per heavy atom. The van der Waals surface area contributed by atoms with Gasteiger partial charge in [-0.25, -0.2) is 0 Å². The number of nitrogens with one attached hydrogen (secondary N) is 1. The van der Waals surface area contributed by atoms with Crippen LogP contribution in [0.2, 0.25) is 0 Å². The third kappa shape index (κ3) is 12.3. The molecule has 4 nitrogen and oxygen atoms in total. The lowest BCUT2D eigenvalue weighted by atomic mass is 10.3. The summed E-state index contributed by atoms with van der Waals surface area (Å²) >= 11 is 29.3. The van der Waals surface area contributed by atoms with Crippen molar-refractivity contribution in [2.75, 3.05) is 45.8 Å². The molecule has 0 aromatic carbocycles. The van der Waals surface area contributed by atoms with Crippen LogP contribution in [0.4, 0.5) is 0 Å². The lowest BCUT2D eigenvalue weighted by Crippen LogP contribution is -2.44. The van der Waals surface area contributed by atoms with E-state index in [2.05, 4.69) is 52.2 Å². The van der Waals surface area contributed by atoms with Crippen LogP contribution >= 0.6 is 74.1 Å². The Bertz CT molecular complexity index is 471. The van der Waals surface area contributed by atoms with E-state index < -0.39 is 0 Å². The molecule has 0 aliphatic rings. The molecule has 0 spiro atoms. The van der Waals surface area contributed by atoms with Crippen LogP contribution in [0, 0.1) is 0 Å². The molecule has 144 valence electrons. The molecule has 0 amide bonds. The van der Waals surface area contributed by atoms with Crippen LogP contribution in [0.1, 0.15) is 27.2 Å². The minimum absolute atomic E-state index is 0.492. The van der Waals surface area contributed by atoms with Crippen LogP contribution in [-0.2, 0) is 0 Å². The number of rotatable bonds is 11. The van der Waals surface area contributed by atoms with Gasteiger partial charge in [-0.15, -0.1) is 25.3 Å². The molecular weight excluding hydrogens is 429 g/mol. The zero-order valence-electron chi connectivity index (χ0n) is 15.0. The van der Waals surface area contributed by atoms with Crippen LogP contribution in [-0.4, -0.2) is 79.1 Å². The predicted molar refractivity (Wildman–Crippen MR) is 133 cm³/mol. The number of hydrogen-bond donors (Lipinski definition) is 3. The molecule has 25 heavy (non-hydrogen) atoms. The van der Waals surface area contributed by atoms with E-state index in [-0.39, 0.29) is 0 Å². The third-order valence-corrected chi connectivity index (χ3v) is 4.95. The van der Waals surface area contributed by atoms with Gasteiger partial charge in [0.2, 0.25) is 0 Å². The van der Waals surface area contributed by atoms with Crippen molar-refractivity contribution in [1.82, 2.24) is 20.0 Å². The smallest absolute Gasteiger partial charge is 0.133 e. The minimum Gasteiger partial charge on any atom is -0.369 e. The molecule has 0 rings (SSSR count). The van der Waals surface area contributed by atoms with Crippen molar-refractivity contribution in [3.63, 3.8) is 0 Å². The van der Waals surface area contributed by atoms with Gasteiger partial charge in [0, 0.05) is 45.8 Å². The first-order valence-corrected chi connectivity index (χ1v) is 10.7. The fraction of sp³-hybridized carbons (Fsp3) is 0.733. The average Bonchev–Trinajstić information content (AvgIpc) is 2.50. The van der Waals surface area contributed by atoms with Gasteiger partial charge in [-0.2, -0.15) is 0 Å². The standard InChI is InChI=1S/C15H28N4S6/c1-4-6-17(12(2)20)8-10-19(15(24)25)11-9-18(13(3)21)7-5-16-14(22)23/h4-11H2,1-3H3,(H,24,25)(H2,16,22,23). The maximum absolute atomic E-state index is 5.34. The van der Waals surface area contributed by atoms with Crippen molar-refractivity contribution < 1.29 is 0 Å². The predicted octanol–water partition coefficient (Wildman–Crippen LogP) is 3.02. The summed E-state index contributed by atoms with van der Waals surface area (Å²) in [5.74, 6) is 0. The van der Waals surface area contributed by atoms with E-state index >= 15 is 0 Å². The quantitative estimate of drug-likeness (QED) is 0.322. The molecule has 0 heterocycles. The molecule has 0 atom stereocenters. The van der Waals surface area contributed by atoms with Gasteiger partial charge < -0.3 is 20.0 Å². The molecular formula is C15H28N4S6. The first-order chi connectivity index (χ1) is 11.7. The summed E-state index contributed by atoms with van der Waals surface area (Å²) in [6.07, 6.45) is 1.07. The Hall–Kier alpha value is 0.260. The van der Waals surface area contributed by atoms with Gasteiger partial charge in [0.1, 0.15) is 8.64 Å². The Morgan fingerprint density at radius 2 is 1.20 bits per heavy atom. The molecule has 0 unspecified atom stereocenters. The van der Waals surface area contributed by atoms with Crippen LogP contribution < -0.4 is 5.32 Å². The Balaban J connectivity index is 4.56. The topological polar surface area (TPSA) is 21.8 Å². The maximum Gasteiger partial charge on any atom is 0.133 e. The van der Waals surface area contributed by atoms with E-state index in [0.29, 0.717) is 15.2 Å². The summed E-state index contributed by atoms with van der Waals surface area (Å²) in [6, 6.07) is 0. The van der Waals surface area contributed by atoms with Crippen molar-refractivity contribution >= 4 is 92.7 Å². The van der Waals surface area contributed by atoms with E-state index in [4.69, 9.17) is 48.9 Å². The van der Waals surface area contributed by atoms with Crippen LogP contribution in [0.3, 0.4) is 0 Å². The van der Waals surface area contributed by atoms with Crippen molar-refractivity contribution in [2.24, 2.45) is 0 Å². The Labute approximate surface area is 184 Å². The molecule has 0 saturated carbocycles. The van der Waals surface area contributed by atoms with Gasteiger partial charge in [0.25, 0.3) is 0 Å². The summed E-state index contributed by atoms with van der Waals surface area (Å²) < 4.78 is 1.08. The van der Waals surface area contributed by atoms with Gasteiger partial charge in [0.05, 0.1) is 9.98 Å². The SMILES string of the molecule is CCCN(CCN(CCN(CCNC(=S)S)C(C)=S)C(=S)S)C(C)=S. The monoisotopic (exact) mass is 456 g/mol. The van der Waals surface area contributed by atoms with Crippen LogP contribution in [0.25, 0.3) is 0 Å². The number of thiol groups is 2. The second-order valence-corrected chi connectivity index (χ2v) is 8.97. The van der Waals surface area contributed by atoms with Crippen LogP contribution in [0.15, 0.2) is 0 Å². The van der Waals surface area contributed by atoms with Crippen molar-refractivity contribution in [3.8, 4) is 0 Å². The molecule has 0 bridgehead atoms. The number of hydrogen-bond acceptors (Lipinski definition) is 4. The van der Waals surface area contributed by atoms with Gasteiger partial charge >= 0.3 is 0 Å². The fourth-order valence-electron chi connectivity index (χ4n) is 2.21. The van der Waals surface area contributed by atoms with Crippen molar-refractivity contribution in [2.45, 2.75) is 27.2 Å². The second kappa shape index (κ2) is 14.3. The second-order valence-electron chi connectivity index (χ2n) is 5.51. The van der Waals surface area contributed by atoms with Gasteiger partial charge in [-0.3, -0.25) is 0 Å². The average molecular weight is 457 g/mol. The summed E-state index contributed by atoms with van der Waals surface area (Å²) in [5, 5.41) is 3.03. The van der Waals surface area contributed by atoms with Gasteiger partial charge in [-0.1, -0.05) is 55.8 Å². The maximum atomic E-state index is 5.34. The first-order valence-electron chi connectivity index (χ1n) is 8.14. The lowest BCUT2D eigenvalue weighted by molar-refractivity contribution is 0.315. The highest BCUT2D eigenvalue weighted by atomic mass is 32.1. The zero-order valence-corrected chi connectivity index (χ0v) is 20.1. The summed E-state index contributed by atoms with van der Waals surface area (Å²) in [6.45, 7) is 11.6. The van der Waals surface area contributed by atoms with Crippen molar-refractivity contribution in [3.05, 3.63) is 0 Å². The molecule has 1 N–H and O–H groups in total. The Kier molecular flexibility index (Phi) is 14.5. The summed E-state index contributed by atoms with van der Waals surface area (Å²) in [4.78, 5) is 8.17. The van der Waals surface area contributed by atoms with E-state index in [0.717, 1.165) is 55.7 Å². The summed E-state index contributed by atoms with van der Waals surface area (Å²) in [7, 11) is 0. The van der Waals surface area contributed by atoms with Gasteiger partial charge in [-0.05, 0) is 20.3 Å². The number of nitrogens with zero attached hydrogens (tertiary/aromatic N) is 3. The van der Waals surface area contributed by atoms with E-state index in [9.17, 15) is 0 Å². The largest absolute Gasteiger partial charge is 0.369 e. The molecule has 0 aromatic rings. The highest BCUT2D eigenvalue weighted by Gasteiger charge is 2.13. The van der Waals surface area contributed by atoms with Gasteiger partial charge in [0.15, 0.2) is 0 Å². The molecule has 0 fully saturated rings. The Morgan fingerprint density at radius 1 is 0.760 bits per heavy atom. The minimum atomic E-state index is 0.492. The highest BCUT2D eigenvalue weighted by Crippen LogP contribution is 2.02. The zero-order chi connectivity index (χ0) is 19.4. The van der Waals surface area contributed by atoms with E-state index in [1.54, 1.807) is 0 Å².